The van der Waals surface area contributed by atoms with Crippen LogP contribution in [0.2, 0.25) is 5.02 Å². The third-order valence-corrected chi connectivity index (χ3v) is 1.88. The fourth-order valence-electron chi connectivity index (χ4n) is 0.942. The molecular weight excluding hydrogens is 200 g/mol. The van der Waals surface area contributed by atoms with Crippen molar-refractivity contribution in [1.82, 2.24) is 4.98 Å². The first-order valence-corrected chi connectivity index (χ1v) is 3.93. The van der Waals surface area contributed by atoms with Gasteiger partial charge in [0.2, 0.25) is 0 Å². The minimum atomic E-state index is -2.66. The van der Waals surface area contributed by atoms with Crippen LogP contribution in [0.25, 0.3) is 0 Å². The van der Waals surface area contributed by atoms with E-state index in [4.69, 9.17) is 16.3 Å². The Morgan fingerprint density at radius 2 is 2.15 bits per heavy atom. The fourth-order valence-corrected chi connectivity index (χ4v) is 1.17. The molecule has 0 amide bonds. The fraction of sp³-hybridized carbons (Fsp3) is 0.375. The first kappa shape index (κ1) is 10.2. The lowest BCUT2D eigenvalue weighted by Crippen LogP contribution is -1.97. The molecule has 0 saturated carbocycles. The standard InChI is InChI=1S/C8H8ClF2NO/c1-4-6(13-2)3-5(9)7(12-4)8(10)11/h3,8H,1-2H3. The van der Waals surface area contributed by atoms with Crippen molar-refractivity contribution in [3.8, 4) is 5.75 Å². The summed E-state index contributed by atoms with van der Waals surface area (Å²) in [6.45, 7) is 1.58. The van der Waals surface area contributed by atoms with Crippen molar-refractivity contribution in [2.24, 2.45) is 0 Å². The SMILES string of the molecule is COc1cc(Cl)c(C(F)F)nc1C. The second-order valence-corrected chi connectivity index (χ2v) is 2.85. The van der Waals surface area contributed by atoms with E-state index < -0.39 is 12.1 Å². The molecule has 0 radical (unpaired) electrons. The lowest BCUT2D eigenvalue weighted by molar-refractivity contribution is 0.146. The topological polar surface area (TPSA) is 22.1 Å². The average Bonchev–Trinajstić information content (AvgIpc) is 2.07. The van der Waals surface area contributed by atoms with Crippen molar-refractivity contribution in [2.45, 2.75) is 13.3 Å². The van der Waals surface area contributed by atoms with E-state index in [0.29, 0.717) is 11.4 Å². The van der Waals surface area contributed by atoms with Gasteiger partial charge >= 0.3 is 0 Å². The van der Waals surface area contributed by atoms with Gasteiger partial charge in [-0.05, 0) is 6.92 Å². The zero-order valence-electron chi connectivity index (χ0n) is 7.14. The highest BCUT2D eigenvalue weighted by Gasteiger charge is 2.16. The molecule has 13 heavy (non-hydrogen) atoms. The Labute approximate surface area is 79.5 Å². The van der Waals surface area contributed by atoms with E-state index in [9.17, 15) is 8.78 Å². The van der Waals surface area contributed by atoms with Crippen molar-refractivity contribution >= 4 is 11.6 Å². The maximum absolute atomic E-state index is 12.3. The summed E-state index contributed by atoms with van der Waals surface area (Å²) in [6, 6.07) is 1.34. The third kappa shape index (κ3) is 2.06. The largest absolute Gasteiger partial charge is 0.495 e. The number of hydrogen-bond donors (Lipinski definition) is 0. The minimum absolute atomic E-state index is 0.0718. The van der Waals surface area contributed by atoms with Crippen LogP contribution in [0.3, 0.4) is 0 Å². The van der Waals surface area contributed by atoms with E-state index in [1.165, 1.54) is 13.2 Å². The molecule has 0 saturated heterocycles. The summed E-state index contributed by atoms with van der Waals surface area (Å²) in [6.07, 6.45) is -2.66. The van der Waals surface area contributed by atoms with Crippen LogP contribution in [0, 0.1) is 6.92 Å². The van der Waals surface area contributed by atoms with Crippen LogP contribution in [0.4, 0.5) is 8.78 Å². The van der Waals surface area contributed by atoms with Gasteiger partial charge in [-0.2, -0.15) is 0 Å². The van der Waals surface area contributed by atoms with Gasteiger partial charge in [-0.25, -0.2) is 13.8 Å². The molecule has 0 aromatic carbocycles. The Morgan fingerprint density at radius 1 is 1.54 bits per heavy atom. The summed E-state index contributed by atoms with van der Waals surface area (Å²) in [4.78, 5) is 3.64. The molecule has 1 aromatic heterocycles. The summed E-state index contributed by atoms with van der Waals surface area (Å²) in [5.41, 5.74) is 0.00201. The molecule has 0 N–H and O–H groups in total. The molecule has 0 aliphatic heterocycles. The number of halogens is 3. The number of nitrogens with zero attached hydrogens (tertiary/aromatic N) is 1. The molecule has 0 bridgehead atoms. The summed E-state index contributed by atoms with van der Waals surface area (Å²) in [7, 11) is 1.43. The van der Waals surface area contributed by atoms with Crippen LogP contribution >= 0.6 is 11.6 Å². The average molecular weight is 208 g/mol. The quantitative estimate of drug-likeness (QED) is 0.744. The first-order valence-electron chi connectivity index (χ1n) is 3.55. The maximum Gasteiger partial charge on any atom is 0.281 e. The molecular formula is C8H8ClF2NO. The summed E-state index contributed by atoms with van der Waals surface area (Å²) < 4.78 is 29.4. The van der Waals surface area contributed by atoms with E-state index in [2.05, 4.69) is 4.98 Å². The molecule has 0 unspecified atom stereocenters. The van der Waals surface area contributed by atoms with Crippen LogP contribution in [0.15, 0.2) is 6.07 Å². The molecule has 1 heterocycles. The van der Waals surface area contributed by atoms with Crippen molar-refractivity contribution in [2.75, 3.05) is 7.11 Å². The number of alkyl halides is 2. The van der Waals surface area contributed by atoms with E-state index in [1.807, 2.05) is 0 Å². The van der Waals surface area contributed by atoms with E-state index >= 15 is 0 Å². The smallest absolute Gasteiger partial charge is 0.281 e. The van der Waals surface area contributed by atoms with Gasteiger partial charge in [0.25, 0.3) is 6.43 Å². The lowest BCUT2D eigenvalue weighted by atomic mass is 10.3. The second kappa shape index (κ2) is 3.87. The van der Waals surface area contributed by atoms with Gasteiger partial charge < -0.3 is 4.74 Å². The van der Waals surface area contributed by atoms with Crippen LogP contribution in [0.1, 0.15) is 17.8 Å². The number of hydrogen-bond acceptors (Lipinski definition) is 2. The minimum Gasteiger partial charge on any atom is -0.495 e. The van der Waals surface area contributed by atoms with E-state index in [0.717, 1.165) is 0 Å². The Balaban J connectivity index is 3.20. The number of methoxy groups -OCH3 is 1. The van der Waals surface area contributed by atoms with E-state index in [1.54, 1.807) is 6.92 Å². The Hall–Kier alpha value is -0.900. The van der Waals surface area contributed by atoms with Crippen molar-refractivity contribution in [3.05, 3.63) is 22.5 Å². The van der Waals surface area contributed by atoms with Crippen molar-refractivity contribution < 1.29 is 13.5 Å². The van der Waals surface area contributed by atoms with Gasteiger partial charge in [-0.1, -0.05) is 11.6 Å². The molecule has 0 atom stereocenters. The van der Waals surface area contributed by atoms with E-state index in [-0.39, 0.29) is 5.02 Å². The highest BCUT2D eigenvalue weighted by Crippen LogP contribution is 2.29. The molecule has 72 valence electrons. The van der Waals surface area contributed by atoms with Gasteiger partial charge in [0.15, 0.2) is 0 Å². The zero-order valence-corrected chi connectivity index (χ0v) is 7.90. The van der Waals surface area contributed by atoms with Gasteiger partial charge in [-0.3, -0.25) is 0 Å². The number of aromatic nitrogens is 1. The van der Waals surface area contributed by atoms with Crippen molar-refractivity contribution in [3.63, 3.8) is 0 Å². The molecule has 5 heteroatoms. The summed E-state index contributed by atoms with van der Waals surface area (Å²) in [5, 5.41) is -0.0718. The third-order valence-electron chi connectivity index (χ3n) is 1.57. The van der Waals surface area contributed by atoms with Crippen molar-refractivity contribution in [1.29, 1.82) is 0 Å². The maximum atomic E-state index is 12.3. The number of rotatable bonds is 2. The monoisotopic (exact) mass is 207 g/mol. The summed E-state index contributed by atoms with van der Waals surface area (Å²) >= 11 is 5.55. The molecule has 0 fully saturated rings. The van der Waals surface area contributed by atoms with Crippen LogP contribution in [0.5, 0.6) is 5.75 Å². The van der Waals surface area contributed by atoms with Gasteiger partial charge in [0, 0.05) is 6.07 Å². The van der Waals surface area contributed by atoms with Gasteiger partial charge in [-0.15, -0.1) is 0 Å². The molecule has 0 spiro atoms. The molecule has 0 aliphatic rings. The van der Waals surface area contributed by atoms with Crippen LogP contribution < -0.4 is 4.74 Å². The molecule has 2 nitrogen and oxygen atoms in total. The molecule has 1 aromatic rings. The van der Waals surface area contributed by atoms with Gasteiger partial charge in [0.05, 0.1) is 17.8 Å². The lowest BCUT2D eigenvalue weighted by Gasteiger charge is -2.07. The van der Waals surface area contributed by atoms with Crippen LogP contribution in [-0.4, -0.2) is 12.1 Å². The zero-order chi connectivity index (χ0) is 10.0. The van der Waals surface area contributed by atoms with Crippen LogP contribution in [-0.2, 0) is 0 Å². The number of pyridine rings is 1. The first-order chi connectivity index (χ1) is 6.06. The number of aryl methyl sites for hydroxylation is 1. The second-order valence-electron chi connectivity index (χ2n) is 2.44. The number of ether oxygens (including phenoxy) is 1. The normalized spacial score (nSPS) is 10.6. The predicted molar refractivity (Wildman–Crippen MR) is 45.5 cm³/mol. The predicted octanol–water partition coefficient (Wildman–Crippen LogP) is 2.99. The Morgan fingerprint density at radius 3 is 2.62 bits per heavy atom. The Kier molecular flexibility index (Phi) is 3.03. The van der Waals surface area contributed by atoms with Gasteiger partial charge in [0.1, 0.15) is 11.4 Å². The Bertz CT molecular complexity index is 317. The molecule has 1 rings (SSSR count). The highest BCUT2D eigenvalue weighted by molar-refractivity contribution is 6.31. The highest BCUT2D eigenvalue weighted by atomic mass is 35.5. The molecule has 0 aliphatic carbocycles. The summed E-state index contributed by atoms with van der Waals surface area (Å²) in [5.74, 6) is 0.411.